The number of imidazole rings is 1. The Morgan fingerprint density at radius 1 is 1.11 bits per heavy atom. The molecule has 2 aromatic heterocycles. The molecule has 4 rings (SSSR count). The summed E-state index contributed by atoms with van der Waals surface area (Å²) in [6, 6.07) is 15.2. The highest BCUT2D eigenvalue weighted by atomic mass is 16.1. The second-order valence-corrected chi connectivity index (χ2v) is 6.65. The van der Waals surface area contributed by atoms with Gasteiger partial charge in [0.05, 0.1) is 29.3 Å². The van der Waals surface area contributed by atoms with E-state index < -0.39 is 0 Å². The van der Waals surface area contributed by atoms with Gasteiger partial charge in [-0.25, -0.2) is 4.98 Å². The Balaban J connectivity index is 1.26. The molecule has 7 nitrogen and oxygen atoms in total. The van der Waals surface area contributed by atoms with Crippen molar-refractivity contribution in [1.82, 2.24) is 25.1 Å². The van der Waals surface area contributed by atoms with Gasteiger partial charge in [0.1, 0.15) is 5.82 Å². The zero-order valence-electron chi connectivity index (χ0n) is 15.4. The molecule has 0 saturated heterocycles. The van der Waals surface area contributed by atoms with Crippen molar-refractivity contribution >= 4 is 27.8 Å². The number of amides is 1. The van der Waals surface area contributed by atoms with E-state index in [1.54, 1.807) is 10.7 Å². The van der Waals surface area contributed by atoms with Crippen molar-refractivity contribution in [2.75, 3.05) is 6.54 Å². The number of carbonyl (C=O) groups excluding carboxylic acids is 1. The van der Waals surface area contributed by atoms with Crippen LogP contribution in [0.25, 0.3) is 21.9 Å². The van der Waals surface area contributed by atoms with Gasteiger partial charge in [0.15, 0.2) is 0 Å². The Bertz CT molecular complexity index is 1150. The highest BCUT2D eigenvalue weighted by Gasteiger charge is 2.07. The number of aromatic amines is 1. The lowest BCUT2D eigenvalue weighted by molar-refractivity contribution is -0.121. The summed E-state index contributed by atoms with van der Waals surface area (Å²) >= 11 is 0. The van der Waals surface area contributed by atoms with Gasteiger partial charge in [0.25, 0.3) is 0 Å². The van der Waals surface area contributed by atoms with E-state index in [1.807, 2.05) is 42.5 Å². The molecule has 0 aliphatic heterocycles. The van der Waals surface area contributed by atoms with Crippen LogP contribution in [-0.2, 0) is 17.8 Å². The average molecular weight is 375 g/mol. The van der Waals surface area contributed by atoms with Gasteiger partial charge < -0.3 is 10.3 Å². The smallest absolute Gasteiger partial charge is 0.221 e. The number of aromatic nitrogens is 4. The third kappa shape index (κ3) is 3.93. The quantitative estimate of drug-likeness (QED) is 0.485. The topological polar surface area (TPSA) is 92.7 Å². The van der Waals surface area contributed by atoms with Crippen LogP contribution in [0.15, 0.2) is 59.5 Å². The van der Waals surface area contributed by atoms with Crippen LogP contribution in [0, 0.1) is 0 Å². The third-order valence-electron chi connectivity index (χ3n) is 4.66. The molecule has 0 fully saturated rings. The second kappa shape index (κ2) is 8.04. The van der Waals surface area contributed by atoms with Crippen LogP contribution in [0.4, 0.5) is 0 Å². The largest absolute Gasteiger partial charge is 0.356 e. The number of carbonyl (C=O) groups is 1. The molecular weight excluding hydrogens is 354 g/mol. The Hall–Kier alpha value is -3.48. The number of rotatable bonds is 7. The lowest BCUT2D eigenvalue weighted by atomic mass is 10.2. The van der Waals surface area contributed by atoms with Crippen molar-refractivity contribution in [2.45, 2.75) is 25.8 Å². The fraction of sp³-hybridized carbons (Fsp3) is 0.238. The number of nitrogens with one attached hydrogen (secondary N) is 2. The molecule has 28 heavy (non-hydrogen) atoms. The van der Waals surface area contributed by atoms with E-state index in [9.17, 15) is 9.59 Å². The van der Waals surface area contributed by atoms with Gasteiger partial charge in [0, 0.05) is 24.8 Å². The molecule has 0 bridgehead atoms. The van der Waals surface area contributed by atoms with E-state index in [0.29, 0.717) is 24.9 Å². The van der Waals surface area contributed by atoms with Crippen LogP contribution in [0.3, 0.4) is 0 Å². The minimum absolute atomic E-state index is 0.0332. The van der Waals surface area contributed by atoms with Crippen LogP contribution in [0.2, 0.25) is 0 Å². The Morgan fingerprint density at radius 2 is 1.93 bits per heavy atom. The highest BCUT2D eigenvalue weighted by Crippen LogP contribution is 2.11. The second-order valence-electron chi connectivity index (χ2n) is 6.65. The fourth-order valence-electron chi connectivity index (χ4n) is 3.24. The Morgan fingerprint density at radius 3 is 2.82 bits per heavy atom. The highest BCUT2D eigenvalue weighted by molar-refractivity contribution is 5.79. The third-order valence-corrected chi connectivity index (χ3v) is 4.66. The normalized spacial score (nSPS) is 11.1. The van der Waals surface area contributed by atoms with Crippen molar-refractivity contribution in [3.05, 3.63) is 70.8 Å². The van der Waals surface area contributed by atoms with E-state index >= 15 is 0 Å². The zero-order valence-corrected chi connectivity index (χ0v) is 15.4. The lowest BCUT2D eigenvalue weighted by Crippen LogP contribution is -2.26. The Kier molecular flexibility index (Phi) is 5.14. The molecule has 0 saturated carbocycles. The van der Waals surface area contributed by atoms with Gasteiger partial charge >= 0.3 is 0 Å². The Labute approximate surface area is 161 Å². The standard InChI is InChI=1S/C21H21N5O2/c27-19-14-23-26(18-9-4-1-6-15(18)19)13-11-21(28)22-12-5-10-20-24-16-7-2-3-8-17(16)25-20/h1-4,6-9,14H,5,10-13H2,(H,22,28)(H,24,25). The summed E-state index contributed by atoms with van der Waals surface area (Å²) in [5.41, 5.74) is 2.62. The number of aryl methyl sites for hydroxylation is 2. The van der Waals surface area contributed by atoms with Gasteiger partial charge in [0.2, 0.25) is 11.3 Å². The van der Waals surface area contributed by atoms with E-state index in [1.165, 1.54) is 6.20 Å². The molecule has 2 N–H and O–H groups in total. The summed E-state index contributed by atoms with van der Waals surface area (Å²) in [6.07, 6.45) is 3.20. The van der Waals surface area contributed by atoms with Crippen molar-refractivity contribution in [3.8, 4) is 0 Å². The number of hydrogen-bond acceptors (Lipinski definition) is 4. The summed E-state index contributed by atoms with van der Waals surface area (Å²) in [6.45, 7) is 1.02. The lowest BCUT2D eigenvalue weighted by Gasteiger charge is -2.09. The molecule has 4 aromatic rings. The summed E-state index contributed by atoms with van der Waals surface area (Å²) in [7, 11) is 0. The van der Waals surface area contributed by atoms with E-state index in [-0.39, 0.29) is 11.3 Å². The molecule has 1 amide bonds. The minimum atomic E-state index is -0.109. The van der Waals surface area contributed by atoms with Crippen molar-refractivity contribution < 1.29 is 4.79 Å². The first-order valence-electron chi connectivity index (χ1n) is 9.36. The number of fused-ring (bicyclic) bond motifs is 2. The number of para-hydroxylation sites is 3. The molecule has 142 valence electrons. The zero-order chi connectivity index (χ0) is 19.3. The van der Waals surface area contributed by atoms with Gasteiger partial charge in [-0.05, 0) is 30.7 Å². The van der Waals surface area contributed by atoms with E-state index in [2.05, 4.69) is 20.4 Å². The molecule has 0 aliphatic rings. The molecule has 0 atom stereocenters. The maximum absolute atomic E-state index is 12.1. The van der Waals surface area contributed by atoms with Crippen LogP contribution in [0.1, 0.15) is 18.7 Å². The molecule has 0 radical (unpaired) electrons. The summed E-state index contributed by atoms with van der Waals surface area (Å²) in [5, 5.41) is 7.69. The summed E-state index contributed by atoms with van der Waals surface area (Å²) in [4.78, 5) is 31.8. The van der Waals surface area contributed by atoms with Crippen molar-refractivity contribution in [3.63, 3.8) is 0 Å². The fourth-order valence-corrected chi connectivity index (χ4v) is 3.24. The van der Waals surface area contributed by atoms with Crippen LogP contribution < -0.4 is 10.7 Å². The van der Waals surface area contributed by atoms with Crippen LogP contribution in [0.5, 0.6) is 0 Å². The van der Waals surface area contributed by atoms with Crippen molar-refractivity contribution in [2.24, 2.45) is 0 Å². The number of hydrogen-bond donors (Lipinski definition) is 2. The molecular formula is C21H21N5O2. The van der Waals surface area contributed by atoms with Crippen LogP contribution in [-0.4, -0.2) is 32.2 Å². The molecule has 7 heteroatoms. The average Bonchev–Trinajstić information content (AvgIpc) is 3.14. The minimum Gasteiger partial charge on any atom is -0.356 e. The van der Waals surface area contributed by atoms with Gasteiger partial charge in [-0.15, -0.1) is 0 Å². The molecule has 0 aliphatic carbocycles. The van der Waals surface area contributed by atoms with Gasteiger partial charge in [-0.1, -0.05) is 24.3 Å². The number of H-pyrrole nitrogens is 1. The first-order chi connectivity index (χ1) is 13.7. The first-order valence-corrected chi connectivity index (χ1v) is 9.36. The molecule has 2 aromatic carbocycles. The summed E-state index contributed by atoms with van der Waals surface area (Å²) in [5.74, 6) is 0.897. The van der Waals surface area contributed by atoms with Crippen LogP contribution >= 0.6 is 0 Å². The van der Waals surface area contributed by atoms with Gasteiger partial charge in [-0.2, -0.15) is 5.10 Å². The predicted molar refractivity (Wildman–Crippen MR) is 108 cm³/mol. The predicted octanol–water partition coefficient (Wildman–Crippen LogP) is 2.41. The maximum Gasteiger partial charge on any atom is 0.221 e. The monoisotopic (exact) mass is 375 g/mol. The van der Waals surface area contributed by atoms with E-state index in [0.717, 1.165) is 35.2 Å². The van der Waals surface area contributed by atoms with E-state index in [4.69, 9.17) is 0 Å². The maximum atomic E-state index is 12.1. The molecule has 2 heterocycles. The number of benzene rings is 2. The van der Waals surface area contributed by atoms with Gasteiger partial charge in [-0.3, -0.25) is 14.3 Å². The first kappa shape index (κ1) is 17.9. The van der Waals surface area contributed by atoms with Crippen molar-refractivity contribution in [1.29, 1.82) is 0 Å². The molecule has 0 spiro atoms. The SMILES string of the molecule is O=C(CCn1ncc(=O)c2ccccc21)NCCCc1nc2ccccc2[nH]1. The molecule has 0 unspecified atom stereocenters. The summed E-state index contributed by atoms with van der Waals surface area (Å²) < 4.78 is 1.70. The number of nitrogens with zero attached hydrogens (tertiary/aromatic N) is 3.